The zero-order chi connectivity index (χ0) is 14.0. The van der Waals surface area contributed by atoms with Gasteiger partial charge in [0.1, 0.15) is 17.2 Å². The number of methoxy groups -OCH3 is 1. The van der Waals surface area contributed by atoms with Crippen molar-refractivity contribution in [2.45, 2.75) is 0 Å². The summed E-state index contributed by atoms with van der Waals surface area (Å²) in [6.45, 7) is 0. The van der Waals surface area contributed by atoms with E-state index in [0.717, 1.165) is 12.1 Å². The third kappa shape index (κ3) is 2.30. The highest BCUT2D eigenvalue weighted by Crippen LogP contribution is 2.25. The Morgan fingerprint density at radius 1 is 1.42 bits per heavy atom. The first kappa shape index (κ1) is 12.7. The number of nitro groups is 1. The minimum Gasteiger partial charge on any atom is -0.464 e. The first-order chi connectivity index (χ1) is 9.04. The van der Waals surface area contributed by atoms with E-state index in [0.29, 0.717) is 0 Å². The predicted molar refractivity (Wildman–Crippen MR) is 63.7 cm³/mol. The number of rotatable bonds is 3. The molecule has 0 radical (unpaired) electrons. The van der Waals surface area contributed by atoms with Gasteiger partial charge in [-0.2, -0.15) is 0 Å². The van der Waals surface area contributed by atoms with E-state index in [1.165, 1.54) is 30.0 Å². The average molecular weight is 264 g/mol. The number of ether oxygens (including phenoxy) is 1. The van der Waals surface area contributed by atoms with Crippen molar-refractivity contribution in [3.05, 3.63) is 58.2 Å². The monoisotopic (exact) mass is 264 g/mol. The Morgan fingerprint density at radius 3 is 2.79 bits per heavy atom. The SMILES string of the molecule is COC(=O)c1cccn1-c1ccc(F)cc1[N+](=O)[O-]. The molecule has 2 aromatic rings. The van der Waals surface area contributed by atoms with Crippen LogP contribution in [0.15, 0.2) is 36.5 Å². The maximum Gasteiger partial charge on any atom is 0.355 e. The number of halogens is 1. The van der Waals surface area contributed by atoms with Crippen molar-refractivity contribution in [1.82, 2.24) is 4.57 Å². The molecule has 0 aliphatic heterocycles. The highest BCUT2D eigenvalue weighted by Gasteiger charge is 2.20. The van der Waals surface area contributed by atoms with Crippen molar-refractivity contribution >= 4 is 11.7 Å². The number of benzene rings is 1. The van der Waals surface area contributed by atoms with Gasteiger partial charge in [0.15, 0.2) is 0 Å². The molecular weight excluding hydrogens is 255 g/mol. The summed E-state index contributed by atoms with van der Waals surface area (Å²) in [6, 6.07) is 6.12. The summed E-state index contributed by atoms with van der Waals surface area (Å²) in [5, 5.41) is 10.9. The zero-order valence-corrected chi connectivity index (χ0v) is 9.87. The molecule has 0 amide bonds. The standard InChI is InChI=1S/C12H9FN2O4/c1-19-12(16)10-3-2-6-14(10)9-5-4-8(13)7-11(9)15(17)18/h2-7H,1H3. The quantitative estimate of drug-likeness (QED) is 0.484. The Labute approximate surface area is 107 Å². The molecule has 0 aliphatic carbocycles. The Bertz CT molecular complexity index is 651. The van der Waals surface area contributed by atoms with Gasteiger partial charge in [-0.3, -0.25) is 10.1 Å². The third-order valence-corrected chi connectivity index (χ3v) is 2.54. The fraction of sp³-hybridized carbons (Fsp3) is 0.0833. The van der Waals surface area contributed by atoms with E-state index < -0.39 is 22.4 Å². The van der Waals surface area contributed by atoms with Crippen LogP contribution in [0.5, 0.6) is 0 Å². The summed E-state index contributed by atoms with van der Waals surface area (Å²) in [5.74, 6) is -1.36. The molecular formula is C12H9FN2O4. The van der Waals surface area contributed by atoms with E-state index in [4.69, 9.17) is 0 Å². The molecule has 0 unspecified atom stereocenters. The van der Waals surface area contributed by atoms with Gasteiger partial charge in [-0.05, 0) is 24.3 Å². The first-order valence-electron chi connectivity index (χ1n) is 5.24. The lowest BCUT2D eigenvalue weighted by molar-refractivity contribution is -0.384. The second-order valence-corrected chi connectivity index (χ2v) is 3.65. The van der Waals surface area contributed by atoms with Crippen molar-refractivity contribution in [3.63, 3.8) is 0 Å². The van der Waals surface area contributed by atoms with E-state index in [1.807, 2.05) is 0 Å². The first-order valence-corrected chi connectivity index (χ1v) is 5.24. The van der Waals surface area contributed by atoms with Crippen molar-refractivity contribution in [1.29, 1.82) is 0 Å². The lowest BCUT2D eigenvalue weighted by atomic mass is 10.2. The van der Waals surface area contributed by atoms with Crippen molar-refractivity contribution in [3.8, 4) is 5.69 Å². The highest BCUT2D eigenvalue weighted by molar-refractivity contribution is 5.88. The van der Waals surface area contributed by atoms with Crippen LogP contribution in [0.3, 0.4) is 0 Å². The Kier molecular flexibility index (Phi) is 3.28. The number of hydrogen-bond acceptors (Lipinski definition) is 4. The molecule has 0 bridgehead atoms. The van der Waals surface area contributed by atoms with Crippen LogP contribution >= 0.6 is 0 Å². The molecule has 1 aromatic heterocycles. The summed E-state index contributed by atoms with van der Waals surface area (Å²) >= 11 is 0. The smallest absolute Gasteiger partial charge is 0.355 e. The van der Waals surface area contributed by atoms with Crippen LogP contribution in [0, 0.1) is 15.9 Å². The molecule has 7 heteroatoms. The number of aromatic nitrogens is 1. The molecule has 1 aromatic carbocycles. The fourth-order valence-electron chi connectivity index (χ4n) is 1.71. The molecule has 2 rings (SSSR count). The Hall–Kier alpha value is -2.70. The van der Waals surface area contributed by atoms with E-state index in [2.05, 4.69) is 4.74 Å². The third-order valence-electron chi connectivity index (χ3n) is 2.54. The predicted octanol–water partition coefficient (Wildman–Crippen LogP) is 2.31. The van der Waals surface area contributed by atoms with Gasteiger partial charge in [-0.1, -0.05) is 0 Å². The number of esters is 1. The number of nitro benzene ring substituents is 1. The minimum atomic E-state index is -0.720. The molecule has 0 saturated carbocycles. The number of nitrogens with zero attached hydrogens (tertiary/aromatic N) is 2. The Morgan fingerprint density at radius 2 is 2.16 bits per heavy atom. The van der Waals surface area contributed by atoms with Crippen LogP contribution in [0.2, 0.25) is 0 Å². The molecule has 6 nitrogen and oxygen atoms in total. The van der Waals surface area contributed by atoms with Gasteiger partial charge in [0, 0.05) is 6.20 Å². The molecule has 98 valence electrons. The van der Waals surface area contributed by atoms with Crippen LogP contribution in [0.1, 0.15) is 10.5 Å². The lowest BCUT2D eigenvalue weighted by Crippen LogP contribution is -2.10. The molecule has 0 N–H and O–H groups in total. The molecule has 19 heavy (non-hydrogen) atoms. The maximum atomic E-state index is 13.1. The topological polar surface area (TPSA) is 74.4 Å². The van der Waals surface area contributed by atoms with Crippen LogP contribution in [-0.2, 0) is 4.74 Å². The van der Waals surface area contributed by atoms with Crippen LogP contribution in [0.25, 0.3) is 5.69 Å². The van der Waals surface area contributed by atoms with Gasteiger partial charge in [-0.25, -0.2) is 9.18 Å². The van der Waals surface area contributed by atoms with Gasteiger partial charge in [0.05, 0.1) is 18.1 Å². The van der Waals surface area contributed by atoms with E-state index >= 15 is 0 Å². The van der Waals surface area contributed by atoms with Crippen LogP contribution in [-0.4, -0.2) is 22.6 Å². The van der Waals surface area contributed by atoms with Crippen molar-refractivity contribution in [2.75, 3.05) is 7.11 Å². The van der Waals surface area contributed by atoms with Gasteiger partial charge in [0.25, 0.3) is 5.69 Å². The van der Waals surface area contributed by atoms with Crippen LogP contribution < -0.4 is 0 Å². The van der Waals surface area contributed by atoms with Crippen molar-refractivity contribution in [2.24, 2.45) is 0 Å². The molecule has 0 atom stereocenters. The highest BCUT2D eigenvalue weighted by atomic mass is 19.1. The van der Waals surface area contributed by atoms with E-state index in [-0.39, 0.29) is 11.4 Å². The van der Waals surface area contributed by atoms with Gasteiger partial charge in [-0.15, -0.1) is 0 Å². The minimum absolute atomic E-state index is 0.0943. The van der Waals surface area contributed by atoms with Crippen LogP contribution in [0.4, 0.5) is 10.1 Å². The summed E-state index contributed by atoms with van der Waals surface area (Å²) in [7, 11) is 1.21. The normalized spacial score (nSPS) is 10.2. The second kappa shape index (κ2) is 4.89. The second-order valence-electron chi connectivity index (χ2n) is 3.65. The van der Waals surface area contributed by atoms with Gasteiger partial charge >= 0.3 is 5.97 Å². The summed E-state index contributed by atoms with van der Waals surface area (Å²) in [6.07, 6.45) is 1.46. The van der Waals surface area contributed by atoms with Gasteiger partial charge in [0.2, 0.25) is 0 Å². The van der Waals surface area contributed by atoms with E-state index in [9.17, 15) is 19.3 Å². The number of hydrogen-bond donors (Lipinski definition) is 0. The maximum absolute atomic E-state index is 13.1. The molecule has 0 saturated heterocycles. The van der Waals surface area contributed by atoms with Gasteiger partial charge < -0.3 is 9.30 Å². The molecule has 1 heterocycles. The molecule has 0 spiro atoms. The van der Waals surface area contributed by atoms with E-state index in [1.54, 1.807) is 6.07 Å². The Balaban J connectivity index is 2.63. The zero-order valence-electron chi connectivity index (χ0n) is 9.87. The number of carbonyl (C=O) groups is 1. The lowest BCUT2D eigenvalue weighted by Gasteiger charge is -2.08. The summed E-state index contributed by atoms with van der Waals surface area (Å²) < 4.78 is 18.9. The fourth-order valence-corrected chi connectivity index (χ4v) is 1.71. The molecule has 0 fully saturated rings. The largest absolute Gasteiger partial charge is 0.464 e. The molecule has 0 aliphatic rings. The summed E-state index contributed by atoms with van der Waals surface area (Å²) in [4.78, 5) is 21.8. The van der Waals surface area contributed by atoms with Crippen molar-refractivity contribution < 1.29 is 18.8 Å². The summed E-state index contributed by atoms with van der Waals surface area (Å²) in [5.41, 5.74) is -0.213. The average Bonchev–Trinajstić information content (AvgIpc) is 2.86. The number of carbonyl (C=O) groups excluding carboxylic acids is 1.